The van der Waals surface area contributed by atoms with Gasteiger partial charge >= 0.3 is 0 Å². The predicted octanol–water partition coefficient (Wildman–Crippen LogP) is 4.45. The van der Waals surface area contributed by atoms with Crippen molar-refractivity contribution in [3.05, 3.63) is 68.4 Å². The number of nitro benzene ring substituents is 1. The number of ether oxygens (including phenoxy) is 2. The number of methoxy groups -OCH3 is 1. The molecule has 1 amide bonds. The molecule has 0 aliphatic rings. The number of halogens is 1. The maximum Gasteiger partial charge on any atom is 0.275 e. The molecule has 0 atom stereocenters. The number of carbonyl (C=O) groups is 1. The predicted molar refractivity (Wildman–Crippen MR) is 110 cm³/mol. The highest BCUT2D eigenvalue weighted by Crippen LogP contribution is 2.34. The summed E-state index contributed by atoms with van der Waals surface area (Å²) in [5, 5.41) is 18.2. The van der Waals surface area contributed by atoms with Gasteiger partial charge in [0.15, 0.2) is 11.5 Å². The maximum absolute atomic E-state index is 12.7. The first-order valence-corrected chi connectivity index (χ1v) is 9.20. The third-order valence-corrected chi connectivity index (χ3v) is 4.97. The van der Waals surface area contributed by atoms with E-state index in [1.165, 1.54) is 30.0 Å². The highest BCUT2D eigenvalue weighted by atomic mass is 79.9. The number of anilines is 1. The smallest absolute Gasteiger partial charge is 0.275 e. The van der Waals surface area contributed by atoms with E-state index in [1.807, 2.05) is 0 Å². The van der Waals surface area contributed by atoms with Crippen molar-refractivity contribution in [2.24, 2.45) is 7.05 Å². The molecule has 1 N–H and O–H groups in total. The number of aryl methyl sites for hydroxylation is 2. The molecule has 0 radical (unpaired) electrons. The van der Waals surface area contributed by atoms with E-state index < -0.39 is 10.8 Å². The molecule has 1 heterocycles. The molecule has 0 unspecified atom stereocenters. The Morgan fingerprint density at radius 3 is 2.52 bits per heavy atom. The van der Waals surface area contributed by atoms with Gasteiger partial charge in [0.25, 0.3) is 11.6 Å². The van der Waals surface area contributed by atoms with Crippen LogP contribution in [0.3, 0.4) is 0 Å². The highest BCUT2D eigenvalue weighted by Gasteiger charge is 2.20. The highest BCUT2D eigenvalue weighted by molar-refractivity contribution is 9.10. The minimum atomic E-state index is -0.561. The van der Waals surface area contributed by atoms with Gasteiger partial charge in [0.05, 0.1) is 34.0 Å². The lowest BCUT2D eigenvalue weighted by molar-refractivity contribution is -0.384. The van der Waals surface area contributed by atoms with Crippen LogP contribution in [0.15, 0.2) is 46.9 Å². The monoisotopic (exact) mass is 460 g/mol. The maximum atomic E-state index is 12.7. The number of nitro groups is 1. The summed E-state index contributed by atoms with van der Waals surface area (Å²) in [4.78, 5) is 23.5. The van der Waals surface area contributed by atoms with Crippen molar-refractivity contribution < 1.29 is 19.2 Å². The van der Waals surface area contributed by atoms with Gasteiger partial charge in [-0.25, -0.2) is 0 Å². The van der Waals surface area contributed by atoms with Gasteiger partial charge in [0.1, 0.15) is 11.4 Å². The second-order valence-corrected chi connectivity index (χ2v) is 6.84. The lowest BCUT2D eigenvalue weighted by Crippen LogP contribution is -2.16. The minimum absolute atomic E-state index is 0.180. The van der Waals surface area contributed by atoms with E-state index in [4.69, 9.17) is 9.47 Å². The molecule has 2 aromatic carbocycles. The molecule has 150 valence electrons. The fourth-order valence-corrected chi connectivity index (χ4v) is 3.24. The van der Waals surface area contributed by atoms with Gasteiger partial charge in [-0.05, 0) is 35.0 Å². The minimum Gasteiger partial charge on any atom is -0.493 e. The first kappa shape index (κ1) is 20.3. The Balaban J connectivity index is 1.95. The van der Waals surface area contributed by atoms with Crippen molar-refractivity contribution in [1.82, 2.24) is 9.78 Å². The van der Waals surface area contributed by atoms with Gasteiger partial charge in [-0.3, -0.25) is 19.6 Å². The van der Waals surface area contributed by atoms with Crippen LogP contribution in [0.1, 0.15) is 16.2 Å². The van der Waals surface area contributed by atoms with Crippen LogP contribution in [-0.4, -0.2) is 27.7 Å². The summed E-state index contributed by atoms with van der Waals surface area (Å²) < 4.78 is 13.0. The molecule has 0 aliphatic heterocycles. The Morgan fingerprint density at radius 1 is 1.24 bits per heavy atom. The zero-order valence-electron chi connectivity index (χ0n) is 15.8. The van der Waals surface area contributed by atoms with Crippen LogP contribution < -0.4 is 14.8 Å². The molecular weight excluding hydrogens is 444 g/mol. The van der Waals surface area contributed by atoms with Crippen LogP contribution in [0.4, 0.5) is 11.4 Å². The van der Waals surface area contributed by atoms with Crippen molar-refractivity contribution >= 4 is 33.2 Å². The molecular formula is C19H17BrN4O5. The molecule has 0 fully saturated rings. The standard InChI is InChI=1S/C19H17BrN4O5/c1-11-17(20)18(23(2)22-11)19(25)21-12-8-13(24(26)27)10-14(9-12)29-16-7-5-4-6-15(16)28-3/h4-10H,1-3H3,(H,21,25). The number of nitrogens with one attached hydrogen (secondary N) is 1. The summed E-state index contributed by atoms with van der Waals surface area (Å²) in [6.07, 6.45) is 0. The van der Waals surface area contributed by atoms with Crippen LogP contribution in [0.2, 0.25) is 0 Å². The Labute approximate surface area is 174 Å². The van der Waals surface area contributed by atoms with Crippen LogP contribution in [0, 0.1) is 17.0 Å². The number of para-hydroxylation sites is 2. The van der Waals surface area contributed by atoms with Crippen LogP contribution in [-0.2, 0) is 7.05 Å². The van der Waals surface area contributed by atoms with Crippen LogP contribution in [0.5, 0.6) is 17.2 Å². The number of nitrogens with zero attached hydrogens (tertiary/aromatic N) is 3. The number of rotatable bonds is 6. The molecule has 3 aromatic rings. The van der Waals surface area contributed by atoms with E-state index in [-0.39, 0.29) is 17.1 Å². The van der Waals surface area contributed by atoms with Crippen molar-refractivity contribution in [3.63, 3.8) is 0 Å². The average Bonchev–Trinajstić information content (AvgIpc) is 2.93. The summed E-state index contributed by atoms with van der Waals surface area (Å²) in [6.45, 7) is 1.76. The molecule has 0 saturated heterocycles. The number of aromatic nitrogens is 2. The second kappa shape index (κ2) is 8.31. The van der Waals surface area contributed by atoms with Crippen molar-refractivity contribution in [1.29, 1.82) is 0 Å². The third-order valence-electron chi connectivity index (χ3n) is 4.02. The van der Waals surface area contributed by atoms with Crippen LogP contribution in [0.25, 0.3) is 0 Å². The first-order valence-electron chi connectivity index (χ1n) is 8.41. The number of non-ortho nitro benzene ring substituents is 1. The SMILES string of the molecule is COc1ccccc1Oc1cc(NC(=O)c2c(Br)c(C)nn2C)cc([N+](=O)[O-])c1. The van der Waals surface area contributed by atoms with Crippen LogP contribution >= 0.6 is 15.9 Å². The van der Waals surface area contributed by atoms with Gasteiger partial charge in [0.2, 0.25) is 0 Å². The van der Waals surface area contributed by atoms with E-state index >= 15 is 0 Å². The average molecular weight is 461 g/mol. The van der Waals surface area contributed by atoms with E-state index in [0.29, 0.717) is 27.4 Å². The Kier molecular flexibility index (Phi) is 5.83. The zero-order valence-corrected chi connectivity index (χ0v) is 17.4. The second-order valence-electron chi connectivity index (χ2n) is 6.05. The fourth-order valence-electron chi connectivity index (χ4n) is 2.72. The molecule has 0 spiro atoms. The van der Waals surface area contributed by atoms with Crippen molar-refractivity contribution in [2.45, 2.75) is 6.92 Å². The van der Waals surface area contributed by atoms with Crippen molar-refractivity contribution in [3.8, 4) is 17.2 Å². The lowest BCUT2D eigenvalue weighted by Gasteiger charge is -2.12. The van der Waals surface area contributed by atoms with E-state index in [1.54, 1.807) is 38.2 Å². The first-order chi connectivity index (χ1) is 13.8. The van der Waals surface area contributed by atoms with E-state index in [0.717, 1.165) is 0 Å². The topological polar surface area (TPSA) is 109 Å². The fraction of sp³-hybridized carbons (Fsp3) is 0.158. The molecule has 29 heavy (non-hydrogen) atoms. The quantitative estimate of drug-likeness (QED) is 0.429. The van der Waals surface area contributed by atoms with Gasteiger partial charge in [0, 0.05) is 19.2 Å². The number of carbonyl (C=O) groups excluding carboxylic acids is 1. The number of amides is 1. The van der Waals surface area contributed by atoms with Gasteiger partial charge in [-0.15, -0.1) is 0 Å². The molecule has 9 nitrogen and oxygen atoms in total. The number of hydrogen-bond acceptors (Lipinski definition) is 6. The van der Waals surface area contributed by atoms with E-state index in [2.05, 4.69) is 26.3 Å². The normalized spacial score (nSPS) is 10.5. The summed E-state index contributed by atoms with van der Waals surface area (Å²) >= 11 is 3.34. The number of hydrogen-bond donors (Lipinski definition) is 1. The molecule has 0 bridgehead atoms. The zero-order chi connectivity index (χ0) is 21.1. The molecule has 0 saturated carbocycles. The summed E-state index contributed by atoms with van der Waals surface area (Å²) in [7, 11) is 3.13. The number of benzene rings is 2. The summed E-state index contributed by atoms with van der Waals surface area (Å²) in [5.74, 6) is 0.569. The molecule has 3 rings (SSSR count). The van der Waals surface area contributed by atoms with E-state index in [9.17, 15) is 14.9 Å². The Morgan fingerprint density at radius 2 is 1.93 bits per heavy atom. The summed E-state index contributed by atoms with van der Waals surface area (Å²) in [6, 6.07) is 10.9. The van der Waals surface area contributed by atoms with Gasteiger partial charge < -0.3 is 14.8 Å². The Hall–Kier alpha value is -3.40. The molecule has 1 aromatic heterocycles. The Bertz CT molecular complexity index is 1100. The lowest BCUT2D eigenvalue weighted by atomic mass is 10.2. The summed E-state index contributed by atoms with van der Waals surface area (Å²) in [5.41, 5.74) is 0.922. The van der Waals surface area contributed by atoms with Crippen molar-refractivity contribution in [2.75, 3.05) is 12.4 Å². The largest absolute Gasteiger partial charge is 0.493 e. The molecule has 10 heteroatoms. The van der Waals surface area contributed by atoms with Gasteiger partial charge in [-0.1, -0.05) is 12.1 Å². The van der Waals surface area contributed by atoms with Gasteiger partial charge in [-0.2, -0.15) is 5.10 Å². The third kappa shape index (κ3) is 4.37. The molecule has 0 aliphatic carbocycles.